The van der Waals surface area contributed by atoms with Gasteiger partial charge in [-0.1, -0.05) is 198 Å². The van der Waals surface area contributed by atoms with Crippen LogP contribution in [0.25, 0.3) is 146 Å². The molecule has 16 rings (SSSR count). The summed E-state index contributed by atoms with van der Waals surface area (Å²) in [5.74, 6) is 0. The summed E-state index contributed by atoms with van der Waals surface area (Å²) in [6.07, 6.45) is 0. The van der Waals surface area contributed by atoms with Crippen molar-refractivity contribution in [3.8, 4) is 39.1 Å². The van der Waals surface area contributed by atoms with E-state index in [0.717, 1.165) is 5.69 Å². The van der Waals surface area contributed by atoms with Crippen molar-refractivity contribution < 1.29 is 0 Å². The average molecular weight is 1080 g/mol. The van der Waals surface area contributed by atoms with Crippen molar-refractivity contribution in [3.63, 3.8) is 0 Å². The summed E-state index contributed by atoms with van der Waals surface area (Å²) in [6, 6.07) is 73.2. The van der Waals surface area contributed by atoms with Gasteiger partial charge in [-0.05, 0) is 145 Å². The Labute approximate surface area is 483 Å². The molecule has 0 bridgehead atoms. The highest BCUT2D eigenvalue weighted by atomic mass is 32.1. The highest BCUT2D eigenvalue weighted by molar-refractivity contribution is 7.26. The van der Waals surface area contributed by atoms with E-state index in [1.807, 2.05) is 11.3 Å². The third-order valence-electron chi connectivity index (χ3n) is 18.4. The van der Waals surface area contributed by atoms with E-state index in [9.17, 15) is 0 Å². The lowest BCUT2D eigenvalue weighted by atomic mass is 9.78. The Bertz CT molecular complexity index is 5290. The normalized spacial score (nSPS) is 13.4. The van der Waals surface area contributed by atoms with E-state index in [2.05, 4.69) is 285 Å². The number of nitrogens with zero attached hydrogens (tertiary/aromatic N) is 3. The Morgan fingerprint density at radius 3 is 1.34 bits per heavy atom. The zero-order valence-electron chi connectivity index (χ0n) is 49.1. The second kappa shape index (κ2) is 16.6. The molecule has 82 heavy (non-hydrogen) atoms. The molecule has 16 aromatic rings. The van der Waals surface area contributed by atoms with E-state index < -0.39 is 0 Å². The first-order valence-electron chi connectivity index (χ1n) is 29.4. The molecule has 0 fully saturated rings. The molecular weight excluding hydrogens is 1010 g/mol. The summed E-state index contributed by atoms with van der Waals surface area (Å²) in [6.45, 7) is 28.3. The summed E-state index contributed by atoms with van der Waals surface area (Å²) in [5, 5.41) is 12.8. The van der Waals surface area contributed by atoms with Gasteiger partial charge in [0.05, 0.1) is 48.8 Å². The molecule has 0 amide bonds. The van der Waals surface area contributed by atoms with Crippen LogP contribution in [-0.4, -0.2) is 13.4 Å². The molecule has 0 spiro atoms. The molecule has 6 heterocycles. The SMILES string of the molecule is CC(C)(C)c1cc(-c2cc(-c3ccc4c(c3)c3ccccc3n4-c3ccccc3)c3c(c2)c2cc(-c4cc(C(C)(C)C)cc(C(C)(C)C)c4)cc4c5cc6c(cc5n3c42)c2cccc3c4sc5ccccc5c4n6c23)cc(C(C)(C)C)c1. The van der Waals surface area contributed by atoms with Crippen LogP contribution in [0.5, 0.6) is 0 Å². The minimum absolute atomic E-state index is 0.0415. The lowest BCUT2D eigenvalue weighted by Crippen LogP contribution is -2.16. The quantitative estimate of drug-likeness (QED) is 0.167. The van der Waals surface area contributed by atoms with Crippen LogP contribution in [0.2, 0.25) is 0 Å². The summed E-state index contributed by atoms with van der Waals surface area (Å²) >= 11 is 1.93. The minimum Gasteiger partial charge on any atom is -0.309 e. The van der Waals surface area contributed by atoms with Crippen molar-refractivity contribution in [1.29, 1.82) is 0 Å². The van der Waals surface area contributed by atoms with Gasteiger partial charge in [-0.25, -0.2) is 0 Å². The zero-order chi connectivity index (χ0) is 56.3. The highest BCUT2D eigenvalue weighted by Crippen LogP contribution is 2.51. The van der Waals surface area contributed by atoms with Gasteiger partial charge in [-0.2, -0.15) is 0 Å². The first-order valence-corrected chi connectivity index (χ1v) is 30.2. The van der Waals surface area contributed by atoms with Crippen LogP contribution in [0.3, 0.4) is 0 Å². The first-order chi connectivity index (χ1) is 39.2. The molecule has 0 radical (unpaired) electrons. The summed E-state index contributed by atoms with van der Waals surface area (Å²) in [5.41, 5.74) is 23.9. The van der Waals surface area contributed by atoms with Crippen LogP contribution in [0.4, 0.5) is 0 Å². The van der Waals surface area contributed by atoms with Gasteiger partial charge in [-0.15, -0.1) is 11.3 Å². The van der Waals surface area contributed by atoms with Crippen molar-refractivity contribution in [2.45, 2.75) is 105 Å². The average Bonchev–Trinajstić information content (AvgIpc) is 1.74. The number of hydrogen-bond donors (Lipinski definition) is 0. The number of rotatable bonds is 4. The molecule has 400 valence electrons. The Morgan fingerprint density at radius 1 is 0.280 bits per heavy atom. The number of hydrogen-bond acceptors (Lipinski definition) is 1. The lowest BCUT2D eigenvalue weighted by Gasteiger charge is -2.26. The molecule has 0 unspecified atom stereocenters. The maximum absolute atomic E-state index is 2.68. The molecule has 10 aromatic carbocycles. The third-order valence-corrected chi connectivity index (χ3v) is 19.6. The van der Waals surface area contributed by atoms with Gasteiger partial charge in [0.2, 0.25) is 0 Å². The van der Waals surface area contributed by atoms with Crippen LogP contribution >= 0.6 is 11.3 Å². The van der Waals surface area contributed by atoms with E-state index >= 15 is 0 Å². The lowest BCUT2D eigenvalue weighted by molar-refractivity contribution is 0.568. The number of para-hydroxylation sites is 3. The monoisotopic (exact) mass is 1080 g/mol. The maximum Gasteiger partial charge on any atom is 0.0728 e. The van der Waals surface area contributed by atoms with Gasteiger partial charge < -0.3 is 13.4 Å². The van der Waals surface area contributed by atoms with E-state index in [1.165, 1.54) is 163 Å². The molecule has 0 saturated carbocycles. The molecule has 6 aromatic heterocycles. The fourth-order valence-corrected chi connectivity index (χ4v) is 15.2. The standard InChI is InChI=1S/C78H67N3S/c1-75(2,3)49-31-45(32-50(40-49)76(4,5)6)47-36-58(44-29-30-66-59(35-44)54-23-16-18-27-65(54)79(66)53-21-14-13-15-22-53)71-63(38-47)64-39-48(46-33-51(77(7,8)9)41-52(34-46)78(10,11)12)37-62-61-43-67-60(42-68(61)80(71)72(62)64)55-25-20-26-57-70(55)81(67)73-56-24-17-19-28-69(56)82-74(57)73/h13-43H,1-12H3. The Balaban J connectivity index is 1.09. The summed E-state index contributed by atoms with van der Waals surface area (Å²) in [7, 11) is 0. The first kappa shape index (κ1) is 49.4. The van der Waals surface area contributed by atoms with Crippen LogP contribution in [0.15, 0.2) is 188 Å². The Kier molecular flexibility index (Phi) is 10.0. The molecule has 0 saturated heterocycles. The predicted molar refractivity (Wildman–Crippen MR) is 357 cm³/mol. The fraction of sp³-hybridized carbons (Fsp3) is 0.205. The van der Waals surface area contributed by atoms with Gasteiger partial charge in [0.15, 0.2) is 0 Å². The minimum atomic E-state index is -0.0490. The molecular formula is C78H67N3S. The van der Waals surface area contributed by atoms with Gasteiger partial charge in [0.25, 0.3) is 0 Å². The zero-order valence-corrected chi connectivity index (χ0v) is 50.0. The third kappa shape index (κ3) is 7.07. The number of fused-ring (bicyclic) bond motifs is 17. The maximum atomic E-state index is 2.68. The van der Waals surface area contributed by atoms with Crippen LogP contribution in [0.1, 0.15) is 105 Å². The van der Waals surface area contributed by atoms with Crippen molar-refractivity contribution in [2.24, 2.45) is 0 Å². The number of thiophene rings is 1. The van der Waals surface area contributed by atoms with E-state index in [-0.39, 0.29) is 21.7 Å². The van der Waals surface area contributed by atoms with E-state index in [0.29, 0.717) is 0 Å². The number of benzene rings is 10. The predicted octanol–water partition coefficient (Wildman–Crippen LogP) is 22.5. The molecule has 0 N–H and O–H groups in total. The highest BCUT2D eigenvalue weighted by Gasteiger charge is 2.29. The van der Waals surface area contributed by atoms with Crippen molar-refractivity contribution in [1.82, 2.24) is 13.4 Å². The second-order valence-electron chi connectivity index (χ2n) is 27.9. The molecule has 0 atom stereocenters. The smallest absolute Gasteiger partial charge is 0.0728 e. The largest absolute Gasteiger partial charge is 0.309 e. The summed E-state index contributed by atoms with van der Waals surface area (Å²) < 4.78 is 10.4. The Hall–Kier alpha value is -8.44. The van der Waals surface area contributed by atoms with Crippen LogP contribution in [0, 0.1) is 0 Å². The van der Waals surface area contributed by atoms with Gasteiger partial charge in [-0.3, -0.25) is 0 Å². The molecule has 0 aliphatic rings. The van der Waals surface area contributed by atoms with Gasteiger partial charge in [0.1, 0.15) is 0 Å². The van der Waals surface area contributed by atoms with Crippen LogP contribution < -0.4 is 0 Å². The summed E-state index contributed by atoms with van der Waals surface area (Å²) in [4.78, 5) is 0. The van der Waals surface area contributed by atoms with Gasteiger partial charge >= 0.3 is 0 Å². The van der Waals surface area contributed by atoms with Gasteiger partial charge in [0, 0.05) is 69.8 Å². The molecule has 3 nitrogen and oxygen atoms in total. The molecule has 0 aliphatic heterocycles. The van der Waals surface area contributed by atoms with E-state index in [4.69, 9.17) is 0 Å². The van der Waals surface area contributed by atoms with Crippen molar-refractivity contribution >= 4 is 119 Å². The van der Waals surface area contributed by atoms with Crippen molar-refractivity contribution in [2.75, 3.05) is 0 Å². The topological polar surface area (TPSA) is 13.8 Å². The molecule has 4 heteroatoms. The van der Waals surface area contributed by atoms with E-state index in [1.54, 1.807) is 0 Å². The van der Waals surface area contributed by atoms with Crippen molar-refractivity contribution in [3.05, 3.63) is 210 Å². The Morgan fingerprint density at radius 2 is 0.720 bits per heavy atom. The number of aromatic nitrogens is 3. The fourth-order valence-electron chi connectivity index (χ4n) is 13.9. The second-order valence-corrected chi connectivity index (χ2v) is 28.9. The van der Waals surface area contributed by atoms with Crippen LogP contribution in [-0.2, 0) is 21.7 Å². The molecule has 0 aliphatic carbocycles.